The Morgan fingerprint density at radius 3 is 2.83 bits per heavy atom. The molecule has 0 unspecified atom stereocenters. The number of aromatic amines is 1. The van der Waals surface area contributed by atoms with Gasteiger partial charge in [-0.05, 0) is 25.8 Å². The molecule has 0 bridgehead atoms. The Bertz CT molecular complexity index is 356. The van der Waals surface area contributed by atoms with E-state index in [1.165, 1.54) is 19.3 Å². The first kappa shape index (κ1) is 13.6. The Kier molecular flexibility index (Phi) is 4.78. The minimum absolute atomic E-state index is 0.165. The van der Waals surface area contributed by atoms with Crippen LogP contribution in [0.3, 0.4) is 0 Å². The molecule has 0 spiro atoms. The Hall–Kier alpha value is -0.870. The molecule has 0 aromatic carbocycles. The van der Waals surface area contributed by atoms with Crippen LogP contribution in [0.5, 0.6) is 0 Å². The van der Waals surface area contributed by atoms with Crippen molar-refractivity contribution in [1.82, 2.24) is 15.3 Å². The summed E-state index contributed by atoms with van der Waals surface area (Å²) >= 11 is 0. The van der Waals surface area contributed by atoms with E-state index in [0.717, 1.165) is 43.9 Å². The van der Waals surface area contributed by atoms with E-state index in [1.807, 2.05) is 13.3 Å². The molecule has 1 aromatic heterocycles. The maximum atomic E-state index is 5.79. The predicted octanol–water partition coefficient (Wildman–Crippen LogP) is 2.72. The largest absolute Gasteiger partial charge is 0.370 e. The number of methoxy groups -OCH3 is 1. The summed E-state index contributed by atoms with van der Waals surface area (Å²) < 4.78 is 5.79. The Balaban J connectivity index is 2.02. The van der Waals surface area contributed by atoms with Gasteiger partial charge in [-0.3, -0.25) is 0 Å². The van der Waals surface area contributed by atoms with Crippen LogP contribution < -0.4 is 5.32 Å². The van der Waals surface area contributed by atoms with E-state index in [-0.39, 0.29) is 5.60 Å². The molecule has 0 amide bonds. The first-order valence-corrected chi connectivity index (χ1v) is 7.11. The van der Waals surface area contributed by atoms with E-state index in [2.05, 4.69) is 22.2 Å². The van der Waals surface area contributed by atoms with Gasteiger partial charge in [-0.2, -0.15) is 0 Å². The SMILES string of the molecule is CCCNCc1cnc(C2(OC)CCCCC2)[nH]1. The van der Waals surface area contributed by atoms with Crippen molar-refractivity contribution in [3.05, 3.63) is 17.7 Å². The average Bonchev–Trinajstić information content (AvgIpc) is 2.89. The smallest absolute Gasteiger partial charge is 0.138 e. The van der Waals surface area contributed by atoms with Gasteiger partial charge >= 0.3 is 0 Å². The first-order chi connectivity index (χ1) is 8.80. The number of H-pyrrole nitrogens is 1. The summed E-state index contributed by atoms with van der Waals surface area (Å²) in [6.45, 7) is 4.08. The summed E-state index contributed by atoms with van der Waals surface area (Å²) in [6, 6.07) is 0. The number of rotatable bonds is 6. The van der Waals surface area contributed by atoms with Gasteiger partial charge in [0, 0.05) is 25.5 Å². The standard InChI is InChI=1S/C14H25N3O/c1-3-9-15-10-12-11-16-13(17-12)14(18-2)7-5-4-6-8-14/h11,15H,3-10H2,1-2H3,(H,16,17). The lowest BCUT2D eigenvalue weighted by atomic mass is 9.84. The molecule has 1 heterocycles. The van der Waals surface area contributed by atoms with Crippen molar-refractivity contribution >= 4 is 0 Å². The molecular formula is C14H25N3O. The number of ether oxygens (including phenoxy) is 1. The summed E-state index contributed by atoms with van der Waals surface area (Å²) in [5.74, 6) is 1.01. The molecule has 4 nitrogen and oxygen atoms in total. The van der Waals surface area contributed by atoms with Gasteiger partial charge in [-0.1, -0.05) is 26.2 Å². The zero-order valence-corrected chi connectivity index (χ0v) is 11.6. The van der Waals surface area contributed by atoms with Crippen LogP contribution in [0, 0.1) is 0 Å². The minimum atomic E-state index is -0.165. The number of hydrogen-bond donors (Lipinski definition) is 2. The molecule has 2 rings (SSSR count). The van der Waals surface area contributed by atoms with Crippen LogP contribution in [0.25, 0.3) is 0 Å². The number of aromatic nitrogens is 2. The van der Waals surface area contributed by atoms with Gasteiger partial charge in [0.1, 0.15) is 11.4 Å². The van der Waals surface area contributed by atoms with Crippen molar-refractivity contribution in [3.63, 3.8) is 0 Å². The monoisotopic (exact) mass is 251 g/mol. The van der Waals surface area contributed by atoms with Crippen molar-refractivity contribution in [1.29, 1.82) is 0 Å². The fourth-order valence-electron chi connectivity index (χ4n) is 2.74. The van der Waals surface area contributed by atoms with E-state index in [9.17, 15) is 0 Å². The third-order valence-electron chi connectivity index (χ3n) is 3.85. The summed E-state index contributed by atoms with van der Waals surface area (Å²) in [6.07, 6.45) is 9.04. The Morgan fingerprint density at radius 2 is 2.17 bits per heavy atom. The summed E-state index contributed by atoms with van der Waals surface area (Å²) in [5, 5.41) is 3.39. The van der Waals surface area contributed by atoms with Crippen LogP contribution in [-0.4, -0.2) is 23.6 Å². The maximum absolute atomic E-state index is 5.79. The highest BCUT2D eigenvalue weighted by atomic mass is 16.5. The van der Waals surface area contributed by atoms with Gasteiger partial charge < -0.3 is 15.0 Å². The molecule has 0 aliphatic heterocycles. The van der Waals surface area contributed by atoms with Gasteiger partial charge in [-0.15, -0.1) is 0 Å². The molecule has 1 fully saturated rings. The minimum Gasteiger partial charge on any atom is -0.370 e. The highest BCUT2D eigenvalue weighted by molar-refractivity contribution is 5.10. The molecule has 1 aliphatic rings. The van der Waals surface area contributed by atoms with Crippen LogP contribution in [0.15, 0.2) is 6.20 Å². The third kappa shape index (κ3) is 2.93. The summed E-state index contributed by atoms with van der Waals surface area (Å²) in [4.78, 5) is 7.98. The van der Waals surface area contributed by atoms with E-state index < -0.39 is 0 Å². The number of imidazole rings is 1. The first-order valence-electron chi connectivity index (χ1n) is 7.11. The van der Waals surface area contributed by atoms with Gasteiger partial charge in [0.05, 0.1) is 0 Å². The fraction of sp³-hybridized carbons (Fsp3) is 0.786. The lowest BCUT2D eigenvalue weighted by Crippen LogP contribution is -2.32. The van der Waals surface area contributed by atoms with E-state index in [1.54, 1.807) is 0 Å². The predicted molar refractivity (Wildman–Crippen MR) is 72.4 cm³/mol. The van der Waals surface area contributed by atoms with Crippen molar-refractivity contribution in [3.8, 4) is 0 Å². The molecule has 0 atom stereocenters. The van der Waals surface area contributed by atoms with Crippen LogP contribution in [0.4, 0.5) is 0 Å². The second-order valence-corrected chi connectivity index (χ2v) is 5.19. The van der Waals surface area contributed by atoms with Gasteiger partial charge in [0.15, 0.2) is 0 Å². The summed E-state index contributed by atoms with van der Waals surface area (Å²) in [7, 11) is 1.81. The van der Waals surface area contributed by atoms with Crippen LogP contribution in [0.1, 0.15) is 57.0 Å². The van der Waals surface area contributed by atoms with E-state index in [4.69, 9.17) is 4.74 Å². The third-order valence-corrected chi connectivity index (χ3v) is 3.85. The highest BCUT2D eigenvalue weighted by Gasteiger charge is 2.36. The molecule has 0 saturated heterocycles. The maximum Gasteiger partial charge on any atom is 0.138 e. The van der Waals surface area contributed by atoms with Gasteiger partial charge in [0.2, 0.25) is 0 Å². The molecule has 1 aliphatic carbocycles. The quantitative estimate of drug-likeness (QED) is 0.764. The molecule has 2 N–H and O–H groups in total. The molecular weight excluding hydrogens is 226 g/mol. The lowest BCUT2D eigenvalue weighted by molar-refractivity contribution is -0.0509. The van der Waals surface area contributed by atoms with Crippen molar-refractivity contribution < 1.29 is 4.74 Å². The van der Waals surface area contributed by atoms with Gasteiger partial charge in [0.25, 0.3) is 0 Å². The number of hydrogen-bond acceptors (Lipinski definition) is 3. The average molecular weight is 251 g/mol. The zero-order valence-electron chi connectivity index (χ0n) is 11.6. The molecule has 0 radical (unpaired) electrons. The van der Waals surface area contributed by atoms with Crippen molar-refractivity contribution in [2.24, 2.45) is 0 Å². The van der Waals surface area contributed by atoms with Crippen LogP contribution >= 0.6 is 0 Å². The van der Waals surface area contributed by atoms with Crippen molar-refractivity contribution in [2.45, 2.75) is 57.6 Å². The molecule has 1 aromatic rings. The van der Waals surface area contributed by atoms with Crippen LogP contribution in [0.2, 0.25) is 0 Å². The van der Waals surface area contributed by atoms with Gasteiger partial charge in [-0.25, -0.2) is 4.98 Å². The van der Waals surface area contributed by atoms with E-state index in [0.29, 0.717) is 0 Å². The summed E-state index contributed by atoms with van der Waals surface area (Å²) in [5.41, 5.74) is 0.988. The second-order valence-electron chi connectivity index (χ2n) is 5.19. The molecule has 18 heavy (non-hydrogen) atoms. The van der Waals surface area contributed by atoms with Crippen molar-refractivity contribution in [2.75, 3.05) is 13.7 Å². The Labute approximate surface area is 110 Å². The molecule has 1 saturated carbocycles. The molecule has 4 heteroatoms. The lowest BCUT2D eigenvalue weighted by Gasteiger charge is -2.34. The van der Waals surface area contributed by atoms with E-state index >= 15 is 0 Å². The normalized spacial score (nSPS) is 19.0. The number of nitrogens with zero attached hydrogens (tertiary/aromatic N) is 1. The highest BCUT2D eigenvalue weighted by Crippen LogP contribution is 2.38. The Morgan fingerprint density at radius 1 is 1.39 bits per heavy atom. The molecule has 102 valence electrons. The number of nitrogens with one attached hydrogen (secondary N) is 2. The van der Waals surface area contributed by atoms with Crippen LogP contribution in [-0.2, 0) is 16.9 Å². The topological polar surface area (TPSA) is 49.9 Å². The fourth-order valence-corrected chi connectivity index (χ4v) is 2.74. The zero-order chi connectivity index (χ0) is 12.8. The second kappa shape index (κ2) is 6.34.